The van der Waals surface area contributed by atoms with Gasteiger partial charge in [-0.25, -0.2) is 0 Å². The Labute approximate surface area is 267 Å². The maximum Gasteiger partial charge on any atom is 0.494 e. The van der Waals surface area contributed by atoms with E-state index in [2.05, 4.69) is 0 Å². The van der Waals surface area contributed by atoms with Gasteiger partial charge in [0.05, 0.1) is 37.2 Å². The lowest BCUT2D eigenvalue weighted by atomic mass is 9.79. The molecule has 0 aliphatic carbocycles. The number of thiophene rings is 1. The number of hydrogen-bond donors (Lipinski definition) is 0. The molecule has 1 aromatic heterocycles. The highest BCUT2D eigenvalue weighted by molar-refractivity contribution is 7.25. The minimum Gasteiger partial charge on any atom is -0.399 e. The van der Waals surface area contributed by atoms with E-state index >= 15 is 0 Å². The van der Waals surface area contributed by atoms with Crippen LogP contribution >= 0.6 is 11.3 Å². The Morgan fingerprint density at radius 1 is 0.525 bits per heavy atom. The summed E-state index contributed by atoms with van der Waals surface area (Å²) in [5.74, 6) is 0. The van der Waals surface area contributed by atoms with E-state index in [1.807, 2.05) is 0 Å². The molecule has 1 aliphatic heterocycles. The van der Waals surface area contributed by atoms with Gasteiger partial charge >= 0.3 is 7.12 Å². The van der Waals surface area contributed by atoms with Crippen LogP contribution in [0.5, 0.6) is 0 Å². The zero-order chi connectivity index (χ0) is 44.0. The Balaban J connectivity index is 1.67. The average molecular weight is 558 g/mol. The Morgan fingerprint density at radius 2 is 1.07 bits per heavy atom. The summed E-state index contributed by atoms with van der Waals surface area (Å²) in [6, 6.07) is -14.6. The lowest BCUT2D eigenvalue weighted by molar-refractivity contribution is 0.00578. The molecule has 0 unspecified atom stereocenters. The van der Waals surface area contributed by atoms with Gasteiger partial charge in [0.2, 0.25) is 0 Å². The summed E-state index contributed by atoms with van der Waals surface area (Å²) < 4.78 is 180. The SMILES string of the molecule is [2H]c1c([2H])c([2H])c(-c2c([2H])c(-c3c([2H])c([2H])c([2H])c([2H])c3[2H])c([2H])c(-c3c([2H])c([2H])c4sc5c([2H])c(B6OC(C)(C)C(C)(C)O6)c([2H])c([2H])c5c4c3[2H])c2[2H])c([2H])c1[2H]. The van der Waals surface area contributed by atoms with Crippen LogP contribution in [0.2, 0.25) is 0 Å². The summed E-state index contributed by atoms with van der Waals surface area (Å²) in [6.45, 7) is 7.10. The van der Waals surface area contributed by atoms with Crippen molar-refractivity contribution in [3.63, 3.8) is 0 Å². The first-order valence-corrected chi connectivity index (χ1v) is 13.1. The molecule has 0 atom stereocenters. The Morgan fingerprint density at radius 3 is 1.65 bits per heavy atom. The molecule has 0 amide bonds. The largest absolute Gasteiger partial charge is 0.494 e. The molecule has 0 saturated carbocycles. The third-order valence-electron chi connectivity index (χ3n) is 7.02. The highest BCUT2D eigenvalue weighted by atomic mass is 32.1. The van der Waals surface area contributed by atoms with Gasteiger partial charge in [0.25, 0.3) is 0 Å². The van der Waals surface area contributed by atoms with Gasteiger partial charge in [0.15, 0.2) is 0 Å². The standard InChI is InChI=1S/C36H31BO2S/c1-35(2)36(3,4)39-37(38-35)30-16-17-31-32-22-26(15-18-33(32)40-34(31)23-30)29-20-27(24-11-7-5-8-12-24)19-28(21-29)25-13-9-6-10-14-25/h5-23H,1-4H3/i5D,6D,7D,8D,9D,10D,11D,12D,13D,14D,15D,16D,17D,18D,19D,20D,21D,22D,23D. The predicted octanol–water partition coefficient (Wildman–Crippen LogP) is 9.35. The fraction of sp³-hybridized carbons (Fsp3) is 0.167. The summed E-state index contributed by atoms with van der Waals surface area (Å²) in [6.07, 6.45) is 0. The van der Waals surface area contributed by atoms with Gasteiger partial charge in [-0.2, -0.15) is 0 Å². The van der Waals surface area contributed by atoms with Crippen LogP contribution in [0.1, 0.15) is 53.7 Å². The molecule has 1 fully saturated rings. The van der Waals surface area contributed by atoms with Crippen molar-refractivity contribution in [1.82, 2.24) is 0 Å². The van der Waals surface area contributed by atoms with Gasteiger partial charge in [0.1, 0.15) is 0 Å². The van der Waals surface area contributed by atoms with E-state index in [0.717, 1.165) is 11.3 Å². The minimum atomic E-state index is -1.23. The van der Waals surface area contributed by atoms with Crippen LogP contribution in [-0.4, -0.2) is 18.3 Å². The molecule has 0 bridgehead atoms. The number of hydrogen-bond acceptors (Lipinski definition) is 3. The molecule has 40 heavy (non-hydrogen) atoms. The van der Waals surface area contributed by atoms with Crippen molar-refractivity contribution >= 4 is 44.1 Å². The zero-order valence-corrected chi connectivity index (χ0v) is 22.6. The first kappa shape index (κ1) is 12.0. The summed E-state index contributed by atoms with van der Waals surface area (Å²) in [7, 11) is -1.23. The third-order valence-corrected chi connectivity index (χ3v) is 8.04. The lowest BCUT2D eigenvalue weighted by Crippen LogP contribution is -2.41. The Kier molecular flexibility index (Phi) is 2.84. The monoisotopic (exact) mass is 557 g/mol. The fourth-order valence-electron chi connectivity index (χ4n) is 4.20. The quantitative estimate of drug-likeness (QED) is 0.201. The van der Waals surface area contributed by atoms with Crippen LogP contribution in [0.15, 0.2) is 115 Å². The second kappa shape index (κ2) is 9.45. The molecule has 4 heteroatoms. The second-order valence-electron chi connectivity index (χ2n) is 10.1. The van der Waals surface area contributed by atoms with Gasteiger partial charge in [-0.05, 0) is 103 Å². The highest BCUT2D eigenvalue weighted by Gasteiger charge is 2.51. The van der Waals surface area contributed by atoms with Crippen molar-refractivity contribution in [2.45, 2.75) is 38.9 Å². The molecule has 0 N–H and O–H groups in total. The van der Waals surface area contributed by atoms with E-state index in [4.69, 9.17) is 27.1 Å². The van der Waals surface area contributed by atoms with Gasteiger partial charge in [0, 0.05) is 20.2 Å². The number of fused-ring (bicyclic) bond motifs is 3. The van der Waals surface area contributed by atoms with Crippen LogP contribution in [0, 0.1) is 0 Å². The number of benzene rings is 5. The van der Waals surface area contributed by atoms with E-state index in [-0.39, 0.29) is 31.7 Å². The topological polar surface area (TPSA) is 18.5 Å². The Bertz CT molecular complexity index is 2740. The molecule has 196 valence electrons. The first-order valence-electron chi connectivity index (χ1n) is 21.8. The predicted molar refractivity (Wildman–Crippen MR) is 171 cm³/mol. The van der Waals surface area contributed by atoms with Crippen LogP contribution in [0.4, 0.5) is 0 Å². The van der Waals surface area contributed by atoms with Gasteiger partial charge in [-0.3, -0.25) is 0 Å². The molecule has 7 rings (SSSR count). The normalized spacial score (nSPS) is 22.8. The van der Waals surface area contributed by atoms with Gasteiger partial charge < -0.3 is 9.31 Å². The van der Waals surface area contributed by atoms with Crippen molar-refractivity contribution in [2.24, 2.45) is 0 Å². The molecule has 2 nitrogen and oxygen atoms in total. The fourth-order valence-corrected chi connectivity index (χ4v) is 5.18. The molecule has 6 aromatic rings. The van der Waals surface area contributed by atoms with Crippen molar-refractivity contribution in [1.29, 1.82) is 0 Å². The van der Waals surface area contributed by atoms with E-state index in [9.17, 15) is 8.22 Å². The highest BCUT2D eigenvalue weighted by Crippen LogP contribution is 2.40. The summed E-state index contributed by atoms with van der Waals surface area (Å²) >= 11 is 0.799. The zero-order valence-electron chi connectivity index (χ0n) is 40.8. The van der Waals surface area contributed by atoms with E-state index < -0.39 is 160 Å². The molecule has 5 aromatic carbocycles. The van der Waals surface area contributed by atoms with E-state index in [0.29, 0.717) is 0 Å². The molecule has 1 saturated heterocycles. The molecule has 0 radical (unpaired) electrons. The molecule has 1 aliphatic rings. The van der Waals surface area contributed by atoms with Gasteiger partial charge in [-0.1, -0.05) is 78.6 Å². The van der Waals surface area contributed by atoms with Crippen LogP contribution in [-0.2, 0) is 9.31 Å². The Hall–Kier alpha value is -3.70. The molecule has 2 heterocycles. The van der Waals surface area contributed by atoms with Crippen molar-refractivity contribution in [3.8, 4) is 33.4 Å². The summed E-state index contributed by atoms with van der Waals surface area (Å²) in [5, 5.41) is -0.331. The lowest BCUT2D eigenvalue weighted by Gasteiger charge is -2.32. The van der Waals surface area contributed by atoms with Crippen molar-refractivity contribution in [3.05, 3.63) is 115 Å². The second-order valence-corrected chi connectivity index (χ2v) is 11.2. The minimum absolute atomic E-state index is 0.0441. The maximum absolute atomic E-state index is 9.55. The molecular formula is C36H31BO2S. The van der Waals surface area contributed by atoms with E-state index in [1.165, 1.54) is 0 Å². The van der Waals surface area contributed by atoms with Gasteiger partial charge in [-0.15, -0.1) is 11.3 Å². The maximum atomic E-state index is 9.55. The average Bonchev–Trinajstić information content (AvgIpc) is 3.67. The van der Waals surface area contributed by atoms with Crippen LogP contribution in [0.3, 0.4) is 0 Å². The van der Waals surface area contributed by atoms with Crippen molar-refractivity contribution < 1.29 is 35.4 Å². The number of rotatable bonds is 4. The van der Waals surface area contributed by atoms with Crippen LogP contribution < -0.4 is 5.46 Å². The third kappa shape index (κ3) is 4.37. The first-order chi connectivity index (χ1) is 27.2. The van der Waals surface area contributed by atoms with Crippen molar-refractivity contribution in [2.75, 3.05) is 0 Å². The van der Waals surface area contributed by atoms with E-state index in [1.54, 1.807) is 27.7 Å². The van der Waals surface area contributed by atoms with Crippen LogP contribution in [0.25, 0.3) is 53.6 Å². The smallest absolute Gasteiger partial charge is 0.399 e. The summed E-state index contributed by atoms with van der Waals surface area (Å²) in [5.41, 5.74) is -6.08. The summed E-state index contributed by atoms with van der Waals surface area (Å²) in [4.78, 5) is 0. The molecule has 0 spiro atoms. The molecular weight excluding hydrogens is 507 g/mol.